The zero-order valence-corrected chi connectivity index (χ0v) is 20.0. The van der Waals surface area contributed by atoms with Crippen LogP contribution in [0.1, 0.15) is 56.3 Å². The second kappa shape index (κ2) is 10.1. The number of carbonyl (C=O) groups excluding carboxylic acids is 3. The molecule has 7 heteroatoms. The van der Waals surface area contributed by atoms with Crippen molar-refractivity contribution in [3.05, 3.63) is 65.2 Å². The molecule has 176 valence electrons. The minimum atomic E-state index is -0.814. The molecule has 0 aromatic heterocycles. The van der Waals surface area contributed by atoms with Crippen LogP contribution in [0, 0.1) is 13.8 Å². The molecule has 1 unspecified atom stereocenters. The topological polar surface area (TPSA) is 87.7 Å². The van der Waals surface area contributed by atoms with Crippen molar-refractivity contribution in [1.82, 2.24) is 10.2 Å². The van der Waals surface area contributed by atoms with E-state index in [0.29, 0.717) is 0 Å². The van der Waals surface area contributed by atoms with Gasteiger partial charge in [0.2, 0.25) is 5.91 Å². The highest BCUT2D eigenvalue weighted by atomic mass is 16.6. The van der Waals surface area contributed by atoms with E-state index < -0.39 is 17.7 Å². The number of carbonyl (C=O) groups is 3. The Balaban J connectivity index is 1.86. The lowest BCUT2D eigenvalue weighted by molar-refractivity contribution is -0.138. The highest BCUT2D eigenvalue weighted by Crippen LogP contribution is 2.36. The predicted octanol–water partition coefficient (Wildman–Crippen LogP) is 4.50. The first-order valence-electron chi connectivity index (χ1n) is 11.3. The van der Waals surface area contributed by atoms with Gasteiger partial charge in [-0.1, -0.05) is 48.5 Å². The van der Waals surface area contributed by atoms with Gasteiger partial charge in [-0.2, -0.15) is 0 Å². The first-order chi connectivity index (χ1) is 15.6. The number of nitrogens with one attached hydrogen (secondary N) is 2. The minimum Gasteiger partial charge on any atom is -0.444 e. The third-order valence-electron chi connectivity index (χ3n) is 5.38. The van der Waals surface area contributed by atoms with Gasteiger partial charge in [0.05, 0.1) is 0 Å². The number of para-hydroxylation sites is 1. The Bertz CT molecular complexity index is 990. The molecule has 3 rings (SSSR count). The Morgan fingerprint density at radius 2 is 1.61 bits per heavy atom. The van der Waals surface area contributed by atoms with E-state index in [1.165, 1.54) is 0 Å². The lowest BCUT2D eigenvalue weighted by atomic mass is 10.0. The molecule has 2 aromatic rings. The maximum absolute atomic E-state index is 13.6. The minimum absolute atomic E-state index is 0.0492. The molecule has 2 N–H and O–H groups in total. The third kappa shape index (κ3) is 6.57. The summed E-state index contributed by atoms with van der Waals surface area (Å²) >= 11 is 0. The van der Waals surface area contributed by atoms with Crippen LogP contribution in [0.2, 0.25) is 0 Å². The van der Waals surface area contributed by atoms with Crippen LogP contribution >= 0.6 is 0 Å². The van der Waals surface area contributed by atoms with Crippen molar-refractivity contribution in [1.29, 1.82) is 0 Å². The normalized spacial score (nSPS) is 14.2. The number of amides is 3. The second-order valence-corrected chi connectivity index (χ2v) is 9.46. The average Bonchev–Trinajstić information content (AvgIpc) is 3.57. The van der Waals surface area contributed by atoms with Crippen LogP contribution in [0.15, 0.2) is 48.5 Å². The van der Waals surface area contributed by atoms with E-state index in [4.69, 9.17) is 4.74 Å². The fourth-order valence-corrected chi connectivity index (χ4v) is 3.74. The van der Waals surface area contributed by atoms with Crippen LogP contribution < -0.4 is 10.6 Å². The molecule has 7 nitrogen and oxygen atoms in total. The van der Waals surface area contributed by atoms with Crippen molar-refractivity contribution in [2.45, 2.75) is 65.1 Å². The van der Waals surface area contributed by atoms with E-state index in [1.807, 2.05) is 62.4 Å². The summed E-state index contributed by atoms with van der Waals surface area (Å²) in [6.45, 7) is 8.91. The highest BCUT2D eigenvalue weighted by molar-refractivity contribution is 5.99. The summed E-state index contributed by atoms with van der Waals surface area (Å²) in [7, 11) is 0. The molecule has 0 saturated heterocycles. The fraction of sp³-hybridized carbons (Fsp3) is 0.423. The van der Waals surface area contributed by atoms with Crippen LogP contribution in [0.3, 0.4) is 0 Å². The summed E-state index contributed by atoms with van der Waals surface area (Å²) in [5, 5.41) is 5.58. The number of alkyl carbamates (subject to hydrolysis) is 1. The van der Waals surface area contributed by atoms with Crippen LogP contribution in [0.25, 0.3) is 0 Å². The largest absolute Gasteiger partial charge is 0.444 e. The van der Waals surface area contributed by atoms with Gasteiger partial charge in [-0.05, 0) is 64.2 Å². The van der Waals surface area contributed by atoms with E-state index >= 15 is 0 Å². The molecule has 0 spiro atoms. The van der Waals surface area contributed by atoms with Gasteiger partial charge in [0.1, 0.15) is 18.2 Å². The van der Waals surface area contributed by atoms with Crippen molar-refractivity contribution >= 4 is 23.6 Å². The van der Waals surface area contributed by atoms with Crippen molar-refractivity contribution in [2.75, 3.05) is 11.9 Å². The summed E-state index contributed by atoms with van der Waals surface area (Å²) in [5.74, 6) is -0.606. The predicted molar refractivity (Wildman–Crippen MR) is 128 cm³/mol. The molecule has 1 aliphatic carbocycles. The molecule has 1 atom stereocenters. The lowest BCUT2D eigenvalue weighted by Gasteiger charge is -2.32. The van der Waals surface area contributed by atoms with E-state index in [0.717, 1.165) is 35.2 Å². The van der Waals surface area contributed by atoms with Crippen molar-refractivity contribution in [3.63, 3.8) is 0 Å². The number of hydrogen-bond acceptors (Lipinski definition) is 4. The number of hydrogen-bond donors (Lipinski definition) is 2. The average molecular weight is 452 g/mol. The molecule has 1 aliphatic rings. The zero-order valence-electron chi connectivity index (χ0n) is 20.0. The van der Waals surface area contributed by atoms with Crippen LogP contribution in [-0.2, 0) is 14.3 Å². The van der Waals surface area contributed by atoms with Crippen molar-refractivity contribution in [3.8, 4) is 0 Å². The van der Waals surface area contributed by atoms with Gasteiger partial charge in [0, 0.05) is 11.7 Å². The summed E-state index contributed by atoms with van der Waals surface area (Å²) in [6.07, 6.45) is 0.971. The summed E-state index contributed by atoms with van der Waals surface area (Å²) in [5.41, 5.74) is 2.70. The standard InChI is InChI=1S/C26H33N3O4/c1-17-10-9-11-18(2)22(17)28-24(31)23(19-12-7-6-8-13-19)29(20-14-15-20)21(30)16-27-25(32)33-26(3,4)5/h6-13,20,23H,14-16H2,1-5H3,(H,27,32)(H,28,31). The summed E-state index contributed by atoms with van der Waals surface area (Å²) in [4.78, 5) is 40.6. The fourth-order valence-electron chi connectivity index (χ4n) is 3.74. The first kappa shape index (κ1) is 24.3. The van der Waals surface area contributed by atoms with Crippen LogP contribution in [-0.4, -0.2) is 41.0 Å². The third-order valence-corrected chi connectivity index (χ3v) is 5.38. The van der Waals surface area contributed by atoms with Gasteiger partial charge < -0.3 is 20.3 Å². The number of rotatable bonds is 7. The van der Waals surface area contributed by atoms with E-state index in [9.17, 15) is 14.4 Å². The number of ether oxygens (including phenoxy) is 1. The molecule has 1 saturated carbocycles. The number of benzene rings is 2. The van der Waals surface area contributed by atoms with Gasteiger partial charge in [-0.25, -0.2) is 4.79 Å². The molecule has 3 amide bonds. The van der Waals surface area contributed by atoms with E-state index in [-0.39, 0.29) is 24.4 Å². The second-order valence-electron chi connectivity index (χ2n) is 9.46. The molecule has 0 heterocycles. The Morgan fingerprint density at radius 3 is 2.15 bits per heavy atom. The van der Waals surface area contributed by atoms with Gasteiger partial charge in [0.25, 0.3) is 5.91 Å². The first-order valence-corrected chi connectivity index (χ1v) is 11.3. The number of aryl methyl sites for hydroxylation is 2. The molecular weight excluding hydrogens is 418 g/mol. The van der Waals surface area contributed by atoms with Crippen molar-refractivity contribution < 1.29 is 19.1 Å². The lowest BCUT2D eigenvalue weighted by Crippen LogP contribution is -2.47. The van der Waals surface area contributed by atoms with Crippen molar-refractivity contribution in [2.24, 2.45) is 0 Å². The summed E-state index contributed by atoms with van der Waals surface area (Å²) in [6, 6.07) is 14.2. The van der Waals surface area contributed by atoms with Crippen LogP contribution in [0.4, 0.5) is 10.5 Å². The Morgan fingerprint density at radius 1 is 1.00 bits per heavy atom. The van der Waals surface area contributed by atoms with Gasteiger partial charge in [-0.3, -0.25) is 9.59 Å². The maximum atomic E-state index is 13.6. The molecule has 2 aromatic carbocycles. The molecule has 0 bridgehead atoms. The molecule has 0 aliphatic heterocycles. The molecule has 33 heavy (non-hydrogen) atoms. The Hall–Kier alpha value is -3.35. The quantitative estimate of drug-likeness (QED) is 0.649. The monoisotopic (exact) mass is 451 g/mol. The zero-order chi connectivity index (χ0) is 24.2. The van der Waals surface area contributed by atoms with Gasteiger partial charge >= 0.3 is 6.09 Å². The SMILES string of the molecule is Cc1cccc(C)c1NC(=O)C(c1ccccc1)N(C(=O)CNC(=O)OC(C)(C)C)C1CC1. The smallest absolute Gasteiger partial charge is 0.408 e. The molecule has 0 radical (unpaired) electrons. The highest BCUT2D eigenvalue weighted by Gasteiger charge is 2.41. The Labute approximate surface area is 195 Å². The Kier molecular flexibility index (Phi) is 7.41. The number of nitrogens with zero attached hydrogens (tertiary/aromatic N) is 1. The molecular formula is C26H33N3O4. The number of anilines is 1. The van der Waals surface area contributed by atoms with Gasteiger partial charge in [0.15, 0.2) is 0 Å². The summed E-state index contributed by atoms with van der Waals surface area (Å²) < 4.78 is 5.24. The van der Waals surface area contributed by atoms with E-state index in [2.05, 4.69) is 10.6 Å². The van der Waals surface area contributed by atoms with E-state index in [1.54, 1.807) is 25.7 Å². The molecule has 1 fully saturated rings. The van der Waals surface area contributed by atoms with Crippen LogP contribution in [0.5, 0.6) is 0 Å². The van der Waals surface area contributed by atoms with Gasteiger partial charge in [-0.15, -0.1) is 0 Å². The maximum Gasteiger partial charge on any atom is 0.408 e.